The number of amides is 9. The predicted octanol–water partition coefficient (Wildman–Crippen LogP) is 4.12. The van der Waals surface area contributed by atoms with Gasteiger partial charge in [-0.25, -0.2) is 14.4 Å². The Labute approximate surface area is 505 Å². The van der Waals surface area contributed by atoms with E-state index in [-0.39, 0.29) is 73.3 Å². The number of nitrogens with one attached hydrogen (secondary N) is 5. The van der Waals surface area contributed by atoms with Gasteiger partial charge in [0.15, 0.2) is 5.72 Å². The monoisotopic (exact) mass is 1220 g/mol. The van der Waals surface area contributed by atoms with Gasteiger partial charge in [0.2, 0.25) is 17.7 Å². The molecule has 4 aliphatic heterocycles. The number of primary amides is 1. The minimum Gasteiger partial charge on any atom is -0.495 e. The number of anilines is 2. The molecule has 0 saturated carbocycles. The average molecular weight is 1220 g/mol. The van der Waals surface area contributed by atoms with Crippen molar-refractivity contribution in [3.63, 3.8) is 0 Å². The molecule has 0 spiro atoms. The molecule has 4 heterocycles. The van der Waals surface area contributed by atoms with Gasteiger partial charge >= 0.3 is 18.1 Å². The number of benzene rings is 2. The Morgan fingerprint density at radius 1 is 0.977 bits per heavy atom. The molecule has 4 aliphatic rings. The maximum Gasteiger partial charge on any atom is 0.409 e. The first-order valence-corrected chi connectivity index (χ1v) is 29.1. The second-order valence-electron chi connectivity index (χ2n) is 22.8. The fraction of sp³-hybridized carbons (Fsp3) is 0.550. The third-order valence-electron chi connectivity index (χ3n) is 16.1. The SMILES string of the molecule is COc1cc2cc(c1Cl)N(C)C(O)C[C@H](OC(=O)[C@H](C)N(C)C(=O)c1ccc(NC(=O)[C@H](CCCNC(N)=O)NC(=O)[C@@H](NC(=O)CCCCCN3C(=O)C=CC3=O)C(C)C)cc1)[C@]1(C)O[C@H]1[C@H](C)[C@@H]1C[C@@](O)(NC(=O)O1)[C@H](OC)/C=C/C=C(\C)C2. The number of epoxide rings is 1. The van der Waals surface area contributed by atoms with E-state index in [0.717, 1.165) is 20.9 Å². The molecule has 9 amide bonds. The maximum atomic E-state index is 14.4. The van der Waals surface area contributed by atoms with Crippen LogP contribution < -0.4 is 42.0 Å². The number of methoxy groups -OCH3 is 2. The number of hydrogen-bond donors (Lipinski definition) is 8. The Balaban J connectivity index is 1.14. The summed E-state index contributed by atoms with van der Waals surface area (Å²) in [4.78, 5) is 121. The highest BCUT2D eigenvalue weighted by Gasteiger charge is 2.64. The number of imide groups is 1. The number of likely N-dealkylation sites (N-methyl/N-ethyl adjacent to an activating group) is 1. The lowest BCUT2D eigenvalue weighted by Gasteiger charge is -2.42. The number of ether oxygens (including phenoxy) is 5. The minimum absolute atomic E-state index is 0.0471. The number of nitrogens with two attached hydrogens (primary N) is 1. The quantitative estimate of drug-likeness (QED) is 0.0356. The van der Waals surface area contributed by atoms with Gasteiger partial charge in [-0.1, -0.05) is 62.6 Å². The van der Waals surface area contributed by atoms with Crippen molar-refractivity contribution in [2.75, 3.05) is 51.6 Å². The molecule has 2 aromatic rings. The largest absolute Gasteiger partial charge is 0.495 e. The third-order valence-corrected chi connectivity index (χ3v) is 16.4. The molecule has 2 aromatic carbocycles. The molecule has 1 unspecified atom stereocenters. The predicted molar refractivity (Wildman–Crippen MR) is 316 cm³/mol. The number of hydrogen-bond acceptors (Lipinski definition) is 17. The molecule has 6 rings (SSSR count). The summed E-state index contributed by atoms with van der Waals surface area (Å²) in [5.41, 5.74) is 4.49. The van der Waals surface area contributed by atoms with Crippen LogP contribution >= 0.6 is 11.6 Å². The molecule has 470 valence electrons. The Bertz CT molecular complexity index is 2920. The number of nitrogens with zero attached hydrogens (tertiary/aromatic N) is 3. The molecule has 4 bridgehead atoms. The molecule has 0 radical (unpaired) electrons. The van der Waals surface area contributed by atoms with E-state index in [4.69, 9.17) is 41.0 Å². The molecular formula is C60H82ClN9O16. The summed E-state index contributed by atoms with van der Waals surface area (Å²) in [6.07, 6.45) is 3.36. The minimum atomic E-state index is -1.90. The van der Waals surface area contributed by atoms with Gasteiger partial charge in [-0.3, -0.25) is 39.0 Å². The van der Waals surface area contributed by atoms with E-state index in [1.54, 1.807) is 53.0 Å². The summed E-state index contributed by atoms with van der Waals surface area (Å²) in [6, 6.07) is 5.17. The lowest BCUT2D eigenvalue weighted by atomic mass is 9.83. The first kappa shape index (κ1) is 67.5. The van der Waals surface area contributed by atoms with E-state index >= 15 is 0 Å². The van der Waals surface area contributed by atoms with Gasteiger partial charge in [-0.2, -0.15) is 0 Å². The number of carbonyl (C=O) groups excluding carboxylic acids is 9. The molecule has 86 heavy (non-hydrogen) atoms. The van der Waals surface area contributed by atoms with Gasteiger partial charge < -0.3 is 70.7 Å². The van der Waals surface area contributed by atoms with Crippen molar-refractivity contribution in [2.45, 2.75) is 159 Å². The number of rotatable bonds is 22. The van der Waals surface area contributed by atoms with Gasteiger partial charge in [0.25, 0.3) is 17.7 Å². The van der Waals surface area contributed by atoms with E-state index in [1.165, 1.54) is 69.5 Å². The van der Waals surface area contributed by atoms with Crippen LogP contribution in [0.4, 0.5) is 21.0 Å². The molecule has 26 heteroatoms. The molecule has 0 aromatic heterocycles. The molecule has 9 N–H and O–H groups in total. The van der Waals surface area contributed by atoms with Crippen LogP contribution in [0.5, 0.6) is 5.75 Å². The van der Waals surface area contributed by atoms with E-state index in [1.807, 2.05) is 19.1 Å². The van der Waals surface area contributed by atoms with Crippen LogP contribution in [0, 0.1) is 11.8 Å². The molecule has 0 aliphatic carbocycles. The zero-order chi connectivity index (χ0) is 63.4. The zero-order valence-electron chi connectivity index (χ0n) is 50.3. The molecule has 11 atom stereocenters. The summed E-state index contributed by atoms with van der Waals surface area (Å²) in [6.45, 7) is 10.6. The first-order chi connectivity index (χ1) is 40.6. The first-order valence-electron chi connectivity index (χ1n) is 28.7. The number of allylic oxidation sites excluding steroid dienone is 3. The van der Waals surface area contributed by atoms with Crippen molar-refractivity contribution in [3.05, 3.63) is 88.5 Å². The fourth-order valence-electron chi connectivity index (χ4n) is 10.7. The van der Waals surface area contributed by atoms with Gasteiger partial charge in [-0.05, 0) is 101 Å². The molecular weight excluding hydrogens is 1140 g/mol. The Morgan fingerprint density at radius 3 is 2.30 bits per heavy atom. The van der Waals surface area contributed by atoms with Crippen molar-refractivity contribution in [2.24, 2.45) is 17.6 Å². The van der Waals surface area contributed by atoms with E-state index in [0.29, 0.717) is 37.1 Å². The number of carbonyl (C=O) groups is 9. The number of esters is 1. The summed E-state index contributed by atoms with van der Waals surface area (Å²) in [5.74, 6) is -4.57. The topological polar surface area (TPSA) is 339 Å². The average Bonchev–Trinajstić information content (AvgIpc) is 1.89. The van der Waals surface area contributed by atoms with E-state index < -0.39 is 114 Å². The van der Waals surface area contributed by atoms with Crippen LogP contribution in [0.25, 0.3) is 0 Å². The smallest absolute Gasteiger partial charge is 0.409 e. The van der Waals surface area contributed by atoms with E-state index in [9.17, 15) is 53.4 Å². The normalized spacial score (nSPS) is 25.9. The Morgan fingerprint density at radius 2 is 1.66 bits per heavy atom. The Kier molecular flexibility index (Phi) is 23.3. The number of aliphatic hydroxyl groups is 2. The highest BCUT2D eigenvalue weighted by Crippen LogP contribution is 2.49. The highest BCUT2D eigenvalue weighted by molar-refractivity contribution is 6.34. The van der Waals surface area contributed by atoms with Crippen LogP contribution in [0.1, 0.15) is 109 Å². The number of alkyl carbamates (subject to hydrolysis) is 1. The zero-order valence-corrected chi connectivity index (χ0v) is 51.1. The Hall–Kier alpha value is -7.58. The van der Waals surface area contributed by atoms with Crippen LogP contribution in [-0.4, -0.2) is 175 Å². The lowest BCUT2D eigenvalue weighted by molar-refractivity contribution is -0.159. The summed E-state index contributed by atoms with van der Waals surface area (Å²) in [7, 11) is 5.91. The summed E-state index contributed by atoms with van der Waals surface area (Å²) >= 11 is 6.88. The number of aliphatic hydroxyl groups excluding tert-OH is 1. The third kappa shape index (κ3) is 17.1. The number of fused-ring (bicyclic) bond motifs is 5. The molecule has 25 nitrogen and oxygen atoms in total. The van der Waals surface area contributed by atoms with Crippen molar-refractivity contribution in [1.82, 2.24) is 31.1 Å². The number of unbranched alkanes of at least 4 members (excludes halogenated alkanes) is 2. The number of urea groups is 1. The van der Waals surface area contributed by atoms with Crippen molar-refractivity contribution < 1.29 is 77.0 Å². The van der Waals surface area contributed by atoms with Crippen LogP contribution in [0.2, 0.25) is 5.02 Å². The van der Waals surface area contributed by atoms with Gasteiger partial charge in [0.1, 0.15) is 59.0 Å². The van der Waals surface area contributed by atoms with Crippen LogP contribution in [-0.2, 0) is 54.1 Å². The van der Waals surface area contributed by atoms with Gasteiger partial charge in [-0.15, -0.1) is 0 Å². The summed E-state index contributed by atoms with van der Waals surface area (Å²) in [5, 5.41) is 37.4. The van der Waals surface area contributed by atoms with Crippen molar-refractivity contribution >= 4 is 76.5 Å². The van der Waals surface area contributed by atoms with E-state index in [2.05, 4.69) is 26.6 Å². The molecule has 2 fully saturated rings. The summed E-state index contributed by atoms with van der Waals surface area (Å²) < 4.78 is 29.7. The van der Waals surface area contributed by atoms with Crippen LogP contribution in [0.3, 0.4) is 0 Å². The maximum absolute atomic E-state index is 14.4. The van der Waals surface area contributed by atoms with Gasteiger partial charge in [0.05, 0.1) is 18.9 Å². The standard InChI is InChI=1S/C60H82ClN9O16/c1-33(2)51(66-46(71)19-12-11-13-27-70-47(72)24-25-48(70)73)54(76)65-40(17-15-26-63-57(62)79)53(75)64-39-22-20-38(21-23-39)55(77)68(7)36(5)56(78)85-45-31-49(74)69(8)41-29-37(30-42(82-9)50(41)61)28-34(3)16-14-18-44(83-10)60(81)32-43(84-58(80)67-60)35(4)52-59(45,6)86-52/h14,16,18,20-25,29-30,33,35-36,40,43-45,49,51-52,74,81H,11-13,15,17,19,26-28,31-32H2,1-10H3,(H,64,75)(H,65,76)(H,66,71)(H,67,80)(H3,62,63,79)/b18-14+,34-16+/t35-,36+,40+,43+,44-,45+,49?,51+,52+,59+,60+/m1/s1. The number of halogens is 1. The van der Waals surface area contributed by atoms with Gasteiger partial charge in [0, 0.05) is 82.9 Å². The highest BCUT2D eigenvalue weighted by atomic mass is 35.5. The second kappa shape index (κ2) is 29.7. The van der Waals surface area contributed by atoms with Crippen LogP contribution in [0.15, 0.2) is 72.4 Å². The lowest BCUT2D eigenvalue weighted by Crippen LogP contribution is -2.63. The fourth-order valence-corrected chi connectivity index (χ4v) is 11.0. The second-order valence-corrected chi connectivity index (χ2v) is 23.2. The molecule has 2 saturated heterocycles. The van der Waals surface area contributed by atoms with Crippen molar-refractivity contribution in [1.29, 1.82) is 0 Å². The van der Waals surface area contributed by atoms with Crippen molar-refractivity contribution in [3.8, 4) is 5.75 Å².